The molecule has 0 saturated heterocycles. The van der Waals surface area contributed by atoms with Gasteiger partial charge in [0.2, 0.25) is 5.91 Å². The minimum absolute atomic E-state index is 0.0184. The molecule has 0 radical (unpaired) electrons. The first-order chi connectivity index (χ1) is 10.8. The molecule has 2 rings (SSSR count). The van der Waals surface area contributed by atoms with Gasteiger partial charge in [0.25, 0.3) is 0 Å². The van der Waals surface area contributed by atoms with Crippen LogP contribution in [-0.2, 0) is 17.9 Å². The Bertz CT molecular complexity index is 704. The Morgan fingerprint density at radius 3 is 2.52 bits per heavy atom. The number of aryl methyl sites for hydroxylation is 3. The molecule has 23 heavy (non-hydrogen) atoms. The Morgan fingerprint density at radius 1 is 1.30 bits per heavy atom. The number of rotatable bonds is 6. The summed E-state index contributed by atoms with van der Waals surface area (Å²) in [5.74, 6) is 0.0184. The van der Waals surface area contributed by atoms with Crippen molar-refractivity contribution in [2.75, 3.05) is 0 Å². The van der Waals surface area contributed by atoms with Crippen molar-refractivity contribution in [3.8, 4) is 0 Å². The Balaban J connectivity index is 1.93. The minimum atomic E-state index is -0.0463. The van der Waals surface area contributed by atoms with E-state index in [0.717, 1.165) is 33.7 Å². The van der Waals surface area contributed by atoms with Crippen LogP contribution in [0.1, 0.15) is 49.0 Å². The first-order valence-electron chi connectivity index (χ1n) is 7.86. The molecule has 2 heterocycles. The molecule has 1 unspecified atom stereocenters. The summed E-state index contributed by atoms with van der Waals surface area (Å²) in [6, 6.07) is -0.0463. The molecule has 0 aliphatic rings. The Morgan fingerprint density at radius 2 is 2.00 bits per heavy atom. The molecule has 0 fully saturated rings. The van der Waals surface area contributed by atoms with Crippen LogP contribution in [0.3, 0.4) is 0 Å². The third-order valence-corrected chi connectivity index (χ3v) is 5.28. The maximum absolute atomic E-state index is 12.2. The molecule has 0 spiro atoms. The van der Waals surface area contributed by atoms with Crippen molar-refractivity contribution in [1.82, 2.24) is 24.9 Å². The zero-order chi connectivity index (χ0) is 17.1. The third kappa shape index (κ3) is 3.83. The molecule has 2 aromatic rings. The van der Waals surface area contributed by atoms with E-state index in [4.69, 9.17) is 0 Å². The normalized spacial score (nSPS) is 12.4. The van der Waals surface area contributed by atoms with Crippen molar-refractivity contribution in [2.45, 2.75) is 60.2 Å². The number of hydrogen-bond acceptors (Lipinski definition) is 3. The molecule has 0 aliphatic heterocycles. The lowest BCUT2D eigenvalue weighted by molar-refractivity contribution is -0.122. The average molecular weight is 382 g/mol. The van der Waals surface area contributed by atoms with E-state index in [1.54, 1.807) is 0 Å². The van der Waals surface area contributed by atoms with E-state index in [2.05, 4.69) is 38.4 Å². The summed E-state index contributed by atoms with van der Waals surface area (Å²) < 4.78 is 4.81. The van der Waals surface area contributed by atoms with Gasteiger partial charge in [0.1, 0.15) is 0 Å². The Labute approximate surface area is 145 Å². The maximum Gasteiger partial charge on any atom is 0.222 e. The van der Waals surface area contributed by atoms with Crippen LogP contribution in [0.25, 0.3) is 0 Å². The average Bonchev–Trinajstić information content (AvgIpc) is 3.00. The van der Waals surface area contributed by atoms with Crippen molar-refractivity contribution >= 4 is 21.8 Å². The van der Waals surface area contributed by atoms with Crippen LogP contribution in [0.2, 0.25) is 0 Å². The second kappa shape index (κ2) is 7.29. The van der Waals surface area contributed by atoms with E-state index >= 15 is 0 Å². The summed E-state index contributed by atoms with van der Waals surface area (Å²) in [5, 5.41) is 11.8. The molecule has 1 atom stereocenters. The smallest absolute Gasteiger partial charge is 0.222 e. The molecule has 126 valence electrons. The maximum atomic E-state index is 12.2. The van der Waals surface area contributed by atoms with Crippen molar-refractivity contribution in [2.24, 2.45) is 0 Å². The second-order valence-electron chi connectivity index (χ2n) is 5.75. The van der Waals surface area contributed by atoms with E-state index in [9.17, 15) is 4.79 Å². The van der Waals surface area contributed by atoms with Crippen LogP contribution in [0.15, 0.2) is 10.7 Å². The Hall–Kier alpha value is -1.63. The zero-order valence-electron chi connectivity index (χ0n) is 14.4. The zero-order valence-corrected chi connectivity index (χ0v) is 15.9. The number of amides is 1. The molecule has 0 aliphatic carbocycles. The predicted octanol–water partition coefficient (Wildman–Crippen LogP) is 3.05. The summed E-state index contributed by atoms with van der Waals surface area (Å²) in [6.45, 7) is 11.4. The molecule has 1 amide bonds. The van der Waals surface area contributed by atoms with E-state index < -0.39 is 0 Å². The van der Waals surface area contributed by atoms with Crippen molar-refractivity contribution in [3.05, 3.63) is 33.3 Å². The second-order valence-corrected chi connectivity index (χ2v) is 6.54. The molecule has 0 bridgehead atoms. The summed E-state index contributed by atoms with van der Waals surface area (Å²) >= 11 is 3.50. The van der Waals surface area contributed by atoms with Gasteiger partial charge in [0.05, 0.1) is 29.0 Å². The van der Waals surface area contributed by atoms with Gasteiger partial charge in [-0.2, -0.15) is 10.2 Å². The molecule has 6 nitrogen and oxygen atoms in total. The monoisotopic (exact) mass is 381 g/mol. The fourth-order valence-corrected chi connectivity index (χ4v) is 2.98. The van der Waals surface area contributed by atoms with Gasteiger partial charge in [-0.3, -0.25) is 14.2 Å². The fraction of sp³-hybridized carbons (Fsp3) is 0.562. The molecular formula is C16H24BrN5O. The quantitative estimate of drug-likeness (QED) is 0.835. The van der Waals surface area contributed by atoms with Gasteiger partial charge in [-0.15, -0.1) is 0 Å². The lowest BCUT2D eigenvalue weighted by atomic mass is 10.1. The van der Waals surface area contributed by atoms with Gasteiger partial charge in [0, 0.05) is 29.9 Å². The van der Waals surface area contributed by atoms with Crippen LogP contribution in [0.4, 0.5) is 0 Å². The number of nitrogens with one attached hydrogen (secondary N) is 1. The minimum Gasteiger partial charge on any atom is -0.349 e. The van der Waals surface area contributed by atoms with Crippen LogP contribution >= 0.6 is 15.9 Å². The predicted molar refractivity (Wildman–Crippen MR) is 93.2 cm³/mol. The van der Waals surface area contributed by atoms with E-state index in [0.29, 0.717) is 13.0 Å². The molecule has 0 aromatic carbocycles. The largest absolute Gasteiger partial charge is 0.349 e. The van der Waals surface area contributed by atoms with E-state index in [-0.39, 0.29) is 11.9 Å². The molecule has 1 N–H and O–H groups in total. The van der Waals surface area contributed by atoms with Crippen LogP contribution < -0.4 is 5.32 Å². The van der Waals surface area contributed by atoms with E-state index in [1.807, 2.05) is 43.3 Å². The van der Waals surface area contributed by atoms with Crippen LogP contribution in [-0.4, -0.2) is 25.5 Å². The van der Waals surface area contributed by atoms with Crippen molar-refractivity contribution in [3.63, 3.8) is 0 Å². The van der Waals surface area contributed by atoms with Gasteiger partial charge >= 0.3 is 0 Å². The van der Waals surface area contributed by atoms with Crippen LogP contribution in [0, 0.1) is 20.8 Å². The lowest BCUT2D eigenvalue weighted by Crippen LogP contribution is -2.28. The highest BCUT2D eigenvalue weighted by Gasteiger charge is 2.16. The molecular weight excluding hydrogens is 358 g/mol. The fourth-order valence-electron chi connectivity index (χ4n) is 2.70. The van der Waals surface area contributed by atoms with Gasteiger partial charge in [-0.25, -0.2) is 0 Å². The Kier molecular flexibility index (Phi) is 5.62. The third-order valence-electron chi connectivity index (χ3n) is 4.13. The number of nitrogens with zero attached hydrogens (tertiary/aromatic N) is 4. The summed E-state index contributed by atoms with van der Waals surface area (Å²) in [4.78, 5) is 12.2. The van der Waals surface area contributed by atoms with Gasteiger partial charge in [-0.05, 0) is 50.5 Å². The van der Waals surface area contributed by atoms with E-state index in [1.165, 1.54) is 0 Å². The van der Waals surface area contributed by atoms with Gasteiger partial charge < -0.3 is 5.32 Å². The molecule has 7 heteroatoms. The topological polar surface area (TPSA) is 64.7 Å². The van der Waals surface area contributed by atoms with Crippen LogP contribution in [0.5, 0.6) is 0 Å². The first kappa shape index (κ1) is 17.7. The summed E-state index contributed by atoms with van der Waals surface area (Å²) in [7, 11) is 0. The lowest BCUT2D eigenvalue weighted by Gasteiger charge is -2.14. The SMILES string of the molecule is CCn1ncc(C(C)NC(=O)CCn2nc(C)c(Br)c2C)c1C. The summed E-state index contributed by atoms with van der Waals surface area (Å²) in [6.07, 6.45) is 2.24. The highest BCUT2D eigenvalue weighted by molar-refractivity contribution is 9.10. The standard InChI is InChI=1S/C16H24BrN5O/c1-6-21-12(4)14(9-18-21)10(2)19-15(23)7-8-22-13(5)16(17)11(3)20-22/h9-10H,6-8H2,1-5H3,(H,19,23). The number of halogens is 1. The molecule has 2 aromatic heterocycles. The summed E-state index contributed by atoms with van der Waals surface area (Å²) in [5.41, 5.74) is 4.15. The van der Waals surface area contributed by atoms with Gasteiger partial charge in [0.15, 0.2) is 0 Å². The highest BCUT2D eigenvalue weighted by atomic mass is 79.9. The molecule has 0 saturated carbocycles. The van der Waals surface area contributed by atoms with Crippen molar-refractivity contribution in [1.29, 1.82) is 0 Å². The number of aromatic nitrogens is 4. The highest BCUT2D eigenvalue weighted by Crippen LogP contribution is 2.20. The number of carbonyl (C=O) groups is 1. The van der Waals surface area contributed by atoms with Gasteiger partial charge in [-0.1, -0.05) is 0 Å². The number of hydrogen-bond donors (Lipinski definition) is 1. The first-order valence-corrected chi connectivity index (χ1v) is 8.65. The van der Waals surface area contributed by atoms with Crippen molar-refractivity contribution < 1.29 is 4.79 Å². The number of carbonyl (C=O) groups excluding carboxylic acids is 1.